The minimum atomic E-state index is -0.112. The molecule has 0 saturated heterocycles. The molecular weight excluding hydrogens is 370 g/mol. The van der Waals surface area contributed by atoms with Crippen LogP contribution in [0.25, 0.3) is 22.6 Å². The highest BCUT2D eigenvalue weighted by Gasteiger charge is 2.22. The molecule has 1 aromatic carbocycles. The molecule has 1 atom stereocenters. The minimum absolute atomic E-state index is 0.0938. The molecule has 0 radical (unpaired) electrons. The molecule has 0 unspecified atom stereocenters. The molecule has 3 aromatic rings. The second-order valence-corrected chi connectivity index (χ2v) is 7.65. The fourth-order valence-corrected chi connectivity index (χ4v) is 3.07. The molecule has 0 aliphatic heterocycles. The van der Waals surface area contributed by atoms with Gasteiger partial charge < -0.3 is 19.2 Å². The molecule has 1 saturated carbocycles. The van der Waals surface area contributed by atoms with Crippen molar-refractivity contribution in [3.05, 3.63) is 36.0 Å². The highest BCUT2D eigenvalue weighted by Crippen LogP contribution is 2.32. The minimum Gasteiger partial charge on any atom is -0.493 e. The molecule has 7 nitrogen and oxygen atoms in total. The molecule has 1 N–H and O–H groups in total. The number of benzene rings is 1. The molecule has 7 heteroatoms. The van der Waals surface area contributed by atoms with E-state index in [1.165, 1.54) is 19.8 Å². The number of carbonyl (C=O) groups excluding carboxylic acids is 1. The maximum absolute atomic E-state index is 11.1. The molecule has 1 fully saturated rings. The highest BCUT2D eigenvalue weighted by molar-refractivity contribution is 5.77. The number of amides is 1. The molecule has 1 amide bonds. The number of pyridine rings is 1. The van der Waals surface area contributed by atoms with Crippen molar-refractivity contribution in [3.8, 4) is 23.1 Å². The Bertz CT molecular complexity index is 1030. The summed E-state index contributed by atoms with van der Waals surface area (Å²) >= 11 is 0. The van der Waals surface area contributed by atoms with Crippen LogP contribution in [-0.4, -0.2) is 35.1 Å². The lowest BCUT2D eigenvalue weighted by atomic mass is 10.1. The number of aryl methyl sites for hydroxylation is 1. The van der Waals surface area contributed by atoms with Crippen LogP contribution in [0.1, 0.15) is 32.3 Å². The number of aromatic nitrogens is 2. The summed E-state index contributed by atoms with van der Waals surface area (Å²) in [5, 5.41) is 2.77. The molecule has 29 heavy (non-hydrogen) atoms. The van der Waals surface area contributed by atoms with Gasteiger partial charge in [0, 0.05) is 18.6 Å². The van der Waals surface area contributed by atoms with Crippen LogP contribution in [0.15, 0.2) is 34.9 Å². The fraction of sp³-hybridized carbons (Fsp3) is 0.409. The molecule has 1 aliphatic rings. The van der Waals surface area contributed by atoms with Crippen molar-refractivity contribution in [2.75, 3.05) is 13.2 Å². The van der Waals surface area contributed by atoms with Gasteiger partial charge in [0.05, 0.1) is 18.8 Å². The largest absolute Gasteiger partial charge is 0.493 e. The number of carbonyl (C=O) groups is 1. The fourth-order valence-electron chi connectivity index (χ4n) is 3.07. The zero-order chi connectivity index (χ0) is 20.4. The molecule has 1 aliphatic carbocycles. The van der Waals surface area contributed by atoms with Crippen LogP contribution in [-0.2, 0) is 4.79 Å². The van der Waals surface area contributed by atoms with E-state index in [-0.39, 0.29) is 11.9 Å². The zero-order valence-corrected chi connectivity index (χ0v) is 16.9. The average Bonchev–Trinajstić information content (AvgIpc) is 3.41. The van der Waals surface area contributed by atoms with Gasteiger partial charge in [0.2, 0.25) is 17.7 Å². The van der Waals surface area contributed by atoms with E-state index in [2.05, 4.69) is 15.3 Å². The number of hydrogen-bond donors (Lipinski definition) is 1. The van der Waals surface area contributed by atoms with E-state index in [1.807, 2.05) is 32.0 Å². The number of fused-ring (bicyclic) bond motifs is 1. The van der Waals surface area contributed by atoms with Gasteiger partial charge in [-0.15, -0.1) is 0 Å². The second-order valence-electron chi connectivity index (χ2n) is 7.65. The van der Waals surface area contributed by atoms with Crippen molar-refractivity contribution < 1.29 is 18.7 Å². The van der Waals surface area contributed by atoms with Gasteiger partial charge in [-0.05, 0) is 56.4 Å². The summed E-state index contributed by atoms with van der Waals surface area (Å²) in [7, 11) is 0. The summed E-state index contributed by atoms with van der Waals surface area (Å²) in [6.07, 6.45) is 4.17. The van der Waals surface area contributed by atoms with E-state index in [0.717, 1.165) is 29.4 Å². The molecule has 0 spiro atoms. The number of nitrogens with one attached hydrogen (secondary N) is 1. The normalized spacial score (nSPS) is 14.6. The molecule has 4 rings (SSSR count). The van der Waals surface area contributed by atoms with E-state index in [1.54, 1.807) is 12.3 Å². The summed E-state index contributed by atoms with van der Waals surface area (Å²) in [5.41, 5.74) is 3.22. The van der Waals surface area contributed by atoms with Crippen molar-refractivity contribution in [1.82, 2.24) is 15.3 Å². The van der Waals surface area contributed by atoms with Crippen LogP contribution in [0.4, 0.5) is 0 Å². The number of ether oxygens (including phenoxy) is 2. The van der Waals surface area contributed by atoms with E-state index < -0.39 is 0 Å². The van der Waals surface area contributed by atoms with Gasteiger partial charge >= 0.3 is 0 Å². The molecule has 0 bridgehead atoms. The number of oxazole rings is 1. The average molecular weight is 395 g/mol. The Morgan fingerprint density at radius 3 is 2.86 bits per heavy atom. The third kappa shape index (κ3) is 4.85. The van der Waals surface area contributed by atoms with Crippen molar-refractivity contribution in [3.63, 3.8) is 0 Å². The first-order chi connectivity index (χ1) is 14.0. The zero-order valence-electron chi connectivity index (χ0n) is 16.9. The van der Waals surface area contributed by atoms with Crippen LogP contribution in [0.2, 0.25) is 0 Å². The molecule has 152 valence electrons. The van der Waals surface area contributed by atoms with Crippen LogP contribution in [0, 0.1) is 12.8 Å². The SMILES string of the molecule is CC(=O)N[C@@H](C)COc1cc2oc(-c3ccc(OCC4CC4)cc3C)nc2cn1. The molecule has 2 heterocycles. The number of rotatable bonds is 8. The van der Waals surface area contributed by atoms with Gasteiger partial charge in [0.25, 0.3) is 0 Å². The monoisotopic (exact) mass is 395 g/mol. The quantitative estimate of drug-likeness (QED) is 0.623. The number of hydrogen-bond acceptors (Lipinski definition) is 6. The van der Waals surface area contributed by atoms with E-state index >= 15 is 0 Å². The standard InChI is InChI=1S/C22H25N3O4/c1-13-8-17(27-12-16-4-5-16)6-7-18(13)22-25-19-10-23-21(9-20(19)29-22)28-11-14(2)24-15(3)26/h6-10,14,16H,4-5,11-12H2,1-3H3,(H,24,26)/t14-/m0/s1. The van der Waals surface area contributed by atoms with Crippen LogP contribution < -0.4 is 14.8 Å². The Labute approximate surface area is 169 Å². The smallest absolute Gasteiger partial charge is 0.227 e. The molecule has 2 aromatic heterocycles. The summed E-state index contributed by atoms with van der Waals surface area (Å²) < 4.78 is 17.4. The Hall–Kier alpha value is -3.09. The Morgan fingerprint density at radius 1 is 1.31 bits per heavy atom. The Balaban J connectivity index is 1.47. The summed E-state index contributed by atoms with van der Waals surface area (Å²) in [6.45, 7) is 6.47. The molecular formula is C22H25N3O4. The lowest BCUT2D eigenvalue weighted by molar-refractivity contribution is -0.119. The third-order valence-corrected chi connectivity index (χ3v) is 4.79. The van der Waals surface area contributed by atoms with E-state index in [0.29, 0.717) is 29.5 Å². The van der Waals surface area contributed by atoms with Crippen molar-refractivity contribution in [2.45, 2.75) is 39.7 Å². The van der Waals surface area contributed by atoms with Gasteiger partial charge in [0.1, 0.15) is 17.9 Å². The lowest BCUT2D eigenvalue weighted by Gasteiger charge is -2.12. The third-order valence-electron chi connectivity index (χ3n) is 4.79. The predicted molar refractivity (Wildman–Crippen MR) is 109 cm³/mol. The van der Waals surface area contributed by atoms with Crippen molar-refractivity contribution in [1.29, 1.82) is 0 Å². The van der Waals surface area contributed by atoms with Gasteiger partial charge in [-0.25, -0.2) is 9.97 Å². The first-order valence-electron chi connectivity index (χ1n) is 9.88. The number of nitrogens with zero attached hydrogens (tertiary/aromatic N) is 2. The van der Waals surface area contributed by atoms with Gasteiger partial charge in [0.15, 0.2) is 5.58 Å². The summed E-state index contributed by atoms with van der Waals surface area (Å²) in [5.74, 6) is 2.47. The maximum Gasteiger partial charge on any atom is 0.227 e. The van der Waals surface area contributed by atoms with Crippen LogP contribution in [0.5, 0.6) is 11.6 Å². The van der Waals surface area contributed by atoms with Crippen molar-refractivity contribution in [2.24, 2.45) is 5.92 Å². The van der Waals surface area contributed by atoms with E-state index in [4.69, 9.17) is 13.9 Å². The maximum atomic E-state index is 11.1. The predicted octanol–water partition coefficient (Wildman–Crippen LogP) is 3.89. The Morgan fingerprint density at radius 2 is 2.14 bits per heavy atom. The van der Waals surface area contributed by atoms with Gasteiger partial charge in [-0.3, -0.25) is 4.79 Å². The first-order valence-corrected chi connectivity index (χ1v) is 9.88. The van der Waals surface area contributed by atoms with Crippen LogP contribution >= 0.6 is 0 Å². The van der Waals surface area contributed by atoms with Gasteiger partial charge in [-0.1, -0.05) is 0 Å². The Kier molecular flexibility index (Phi) is 5.38. The van der Waals surface area contributed by atoms with Crippen molar-refractivity contribution >= 4 is 17.0 Å². The summed E-state index contributed by atoms with van der Waals surface area (Å²) in [4.78, 5) is 19.9. The topological polar surface area (TPSA) is 86.5 Å². The van der Waals surface area contributed by atoms with Gasteiger partial charge in [-0.2, -0.15) is 0 Å². The first kappa shape index (κ1) is 19.2. The van der Waals surface area contributed by atoms with E-state index in [9.17, 15) is 4.79 Å². The lowest BCUT2D eigenvalue weighted by Crippen LogP contribution is -2.35. The van der Waals surface area contributed by atoms with Crippen LogP contribution in [0.3, 0.4) is 0 Å². The highest BCUT2D eigenvalue weighted by atomic mass is 16.5. The second kappa shape index (κ2) is 8.11. The summed E-state index contributed by atoms with van der Waals surface area (Å²) in [6, 6.07) is 7.55.